The molecule has 0 aromatic heterocycles. The fourth-order valence-electron chi connectivity index (χ4n) is 2.55. The van der Waals surface area contributed by atoms with Crippen molar-refractivity contribution in [2.24, 2.45) is 0 Å². The number of likely N-dealkylation sites (N-methyl/N-ethyl adjacent to an activating group) is 1. The molecule has 0 aliphatic heterocycles. The molecular formula is C20H22F3NO3. The molecule has 0 heterocycles. The minimum absolute atomic E-state index is 0.151. The van der Waals surface area contributed by atoms with E-state index in [2.05, 4.69) is 4.74 Å². The number of ether oxygens (including phenoxy) is 2. The summed E-state index contributed by atoms with van der Waals surface area (Å²) in [7, 11) is 3.12. The number of methoxy groups -OCH3 is 1. The molecule has 0 bridgehead atoms. The van der Waals surface area contributed by atoms with Crippen molar-refractivity contribution in [2.75, 3.05) is 27.2 Å². The van der Waals surface area contributed by atoms with Crippen LogP contribution < -0.4 is 4.74 Å². The lowest BCUT2D eigenvalue weighted by molar-refractivity contribution is -0.141. The topological polar surface area (TPSA) is 38.8 Å². The van der Waals surface area contributed by atoms with E-state index >= 15 is 0 Å². The number of carbonyl (C=O) groups is 1. The number of carbonyl (C=O) groups excluding carboxylic acids is 1. The van der Waals surface area contributed by atoms with Crippen molar-refractivity contribution < 1.29 is 27.4 Å². The number of nitrogens with zero attached hydrogens (tertiary/aromatic N) is 1. The molecule has 1 unspecified atom stereocenters. The van der Waals surface area contributed by atoms with E-state index in [1.54, 1.807) is 11.9 Å². The van der Waals surface area contributed by atoms with Gasteiger partial charge in [0, 0.05) is 13.0 Å². The van der Waals surface area contributed by atoms with E-state index < -0.39 is 11.7 Å². The lowest BCUT2D eigenvalue weighted by atomic mass is 10.1. The standard InChI is InChI=1S/C20H22F3NO3/c1-24(14-19(25)26-2)13-12-18(15-6-4-3-5-7-15)27-17-10-8-16(9-11-17)20(21,22)23/h3-11,18H,12-14H2,1-2H3. The zero-order valence-corrected chi connectivity index (χ0v) is 15.2. The Morgan fingerprint density at radius 3 is 2.26 bits per heavy atom. The summed E-state index contributed by atoms with van der Waals surface area (Å²) in [6.45, 7) is 0.702. The van der Waals surface area contributed by atoms with Crippen molar-refractivity contribution in [3.8, 4) is 5.75 Å². The van der Waals surface area contributed by atoms with Crippen molar-refractivity contribution in [2.45, 2.75) is 18.7 Å². The molecule has 2 aromatic rings. The second kappa shape index (κ2) is 9.41. The van der Waals surface area contributed by atoms with Gasteiger partial charge in [0.15, 0.2) is 0 Å². The van der Waals surface area contributed by atoms with Gasteiger partial charge in [-0.1, -0.05) is 30.3 Å². The Kier molecular flexibility index (Phi) is 7.24. The van der Waals surface area contributed by atoms with Gasteiger partial charge in [-0.2, -0.15) is 13.2 Å². The smallest absolute Gasteiger partial charge is 0.416 e. The van der Waals surface area contributed by atoms with Crippen LogP contribution in [0, 0.1) is 0 Å². The number of hydrogen-bond acceptors (Lipinski definition) is 4. The highest BCUT2D eigenvalue weighted by Gasteiger charge is 2.30. The Bertz CT molecular complexity index is 718. The van der Waals surface area contributed by atoms with Crippen LogP contribution in [-0.2, 0) is 15.7 Å². The summed E-state index contributed by atoms with van der Waals surface area (Å²) in [5, 5.41) is 0. The first-order valence-corrected chi connectivity index (χ1v) is 8.44. The maximum Gasteiger partial charge on any atom is 0.416 e. The molecule has 0 fully saturated rings. The molecule has 27 heavy (non-hydrogen) atoms. The summed E-state index contributed by atoms with van der Waals surface area (Å²) < 4.78 is 48.7. The van der Waals surface area contributed by atoms with Gasteiger partial charge in [0.05, 0.1) is 19.2 Å². The molecule has 146 valence electrons. The van der Waals surface area contributed by atoms with Crippen LogP contribution in [0.3, 0.4) is 0 Å². The fraction of sp³-hybridized carbons (Fsp3) is 0.350. The summed E-state index contributed by atoms with van der Waals surface area (Å²) >= 11 is 0. The van der Waals surface area contributed by atoms with Gasteiger partial charge in [-0.3, -0.25) is 9.69 Å². The van der Waals surface area contributed by atoms with Gasteiger partial charge in [0.2, 0.25) is 0 Å². The van der Waals surface area contributed by atoms with Gasteiger partial charge in [-0.15, -0.1) is 0 Å². The van der Waals surface area contributed by atoms with Crippen LogP contribution in [0.15, 0.2) is 54.6 Å². The quantitative estimate of drug-likeness (QED) is 0.639. The highest BCUT2D eigenvalue weighted by atomic mass is 19.4. The van der Waals surface area contributed by atoms with Crippen molar-refractivity contribution in [3.63, 3.8) is 0 Å². The molecule has 2 rings (SSSR count). The van der Waals surface area contributed by atoms with E-state index in [0.717, 1.165) is 17.7 Å². The molecule has 0 saturated heterocycles. The molecule has 2 aromatic carbocycles. The van der Waals surface area contributed by atoms with Crippen molar-refractivity contribution in [1.29, 1.82) is 0 Å². The van der Waals surface area contributed by atoms with Gasteiger partial charge in [0.25, 0.3) is 0 Å². The van der Waals surface area contributed by atoms with E-state index in [9.17, 15) is 18.0 Å². The van der Waals surface area contributed by atoms with Crippen LogP contribution in [0.25, 0.3) is 0 Å². The SMILES string of the molecule is COC(=O)CN(C)CCC(Oc1ccc(C(F)(F)F)cc1)c1ccccc1. The number of esters is 1. The van der Waals surface area contributed by atoms with Crippen LogP contribution >= 0.6 is 0 Å². The minimum Gasteiger partial charge on any atom is -0.486 e. The molecule has 0 radical (unpaired) electrons. The molecule has 0 N–H and O–H groups in total. The molecule has 1 atom stereocenters. The third kappa shape index (κ3) is 6.60. The third-order valence-electron chi connectivity index (χ3n) is 4.03. The average molecular weight is 381 g/mol. The number of rotatable bonds is 8. The van der Waals surface area contributed by atoms with Gasteiger partial charge in [-0.05, 0) is 36.9 Å². The van der Waals surface area contributed by atoms with E-state index in [0.29, 0.717) is 18.7 Å². The van der Waals surface area contributed by atoms with Gasteiger partial charge >= 0.3 is 12.1 Å². The van der Waals surface area contributed by atoms with E-state index in [-0.39, 0.29) is 18.6 Å². The van der Waals surface area contributed by atoms with E-state index in [1.165, 1.54) is 19.2 Å². The van der Waals surface area contributed by atoms with Gasteiger partial charge in [-0.25, -0.2) is 0 Å². The van der Waals surface area contributed by atoms with Crippen LogP contribution in [0.1, 0.15) is 23.7 Å². The molecule has 4 nitrogen and oxygen atoms in total. The fourth-order valence-corrected chi connectivity index (χ4v) is 2.55. The summed E-state index contributed by atoms with van der Waals surface area (Å²) in [6.07, 6.45) is -4.19. The van der Waals surface area contributed by atoms with Crippen molar-refractivity contribution in [1.82, 2.24) is 4.90 Å². The normalized spacial score (nSPS) is 12.7. The van der Waals surface area contributed by atoms with E-state index in [1.807, 2.05) is 30.3 Å². The number of hydrogen-bond donors (Lipinski definition) is 0. The Balaban J connectivity index is 2.08. The second-order valence-corrected chi connectivity index (χ2v) is 6.14. The molecule has 0 spiro atoms. The zero-order valence-electron chi connectivity index (χ0n) is 15.2. The van der Waals surface area contributed by atoms with Crippen molar-refractivity contribution >= 4 is 5.97 Å². The summed E-state index contributed by atoms with van der Waals surface area (Å²) in [4.78, 5) is 13.2. The van der Waals surface area contributed by atoms with E-state index in [4.69, 9.17) is 4.74 Å². The second-order valence-electron chi connectivity index (χ2n) is 6.14. The predicted molar refractivity (Wildman–Crippen MR) is 95.4 cm³/mol. The molecule has 0 saturated carbocycles. The zero-order chi connectivity index (χ0) is 19.9. The molecule has 7 heteroatoms. The first-order chi connectivity index (χ1) is 12.8. The highest BCUT2D eigenvalue weighted by Crippen LogP contribution is 2.32. The van der Waals surface area contributed by atoms with Crippen molar-refractivity contribution in [3.05, 3.63) is 65.7 Å². The van der Waals surface area contributed by atoms with Gasteiger partial charge in [0.1, 0.15) is 11.9 Å². The molecular weight excluding hydrogens is 359 g/mol. The Hall–Kier alpha value is -2.54. The lowest BCUT2D eigenvalue weighted by Crippen LogP contribution is -2.29. The summed E-state index contributed by atoms with van der Waals surface area (Å²) in [5.74, 6) is 0.0184. The maximum absolute atomic E-state index is 12.7. The predicted octanol–water partition coefficient (Wildman–Crippen LogP) is 4.32. The molecule has 0 amide bonds. The Labute approximate surface area is 156 Å². The summed E-state index contributed by atoms with van der Waals surface area (Å²) in [6, 6.07) is 14.1. The first-order valence-electron chi connectivity index (χ1n) is 8.44. The van der Waals surface area contributed by atoms with Crippen LogP contribution in [0.2, 0.25) is 0 Å². The number of halogens is 3. The molecule has 0 aliphatic carbocycles. The Morgan fingerprint density at radius 1 is 1.07 bits per heavy atom. The maximum atomic E-state index is 12.7. The monoisotopic (exact) mass is 381 g/mol. The first kappa shape index (κ1) is 20.8. The number of alkyl halides is 3. The lowest BCUT2D eigenvalue weighted by Gasteiger charge is -2.23. The average Bonchev–Trinajstić information content (AvgIpc) is 2.65. The largest absolute Gasteiger partial charge is 0.486 e. The van der Waals surface area contributed by atoms with Crippen LogP contribution in [0.5, 0.6) is 5.75 Å². The number of benzene rings is 2. The molecule has 0 aliphatic rings. The van der Waals surface area contributed by atoms with Gasteiger partial charge < -0.3 is 9.47 Å². The third-order valence-corrected chi connectivity index (χ3v) is 4.03. The minimum atomic E-state index is -4.38. The summed E-state index contributed by atoms with van der Waals surface area (Å²) in [5.41, 5.74) is 0.188. The Morgan fingerprint density at radius 2 is 1.70 bits per heavy atom. The van der Waals surface area contributed by atoms with Crippen LogP contribution in [-0.4, -0.2) is 38.1 Å². The van der Waals surface area contributed by atoms with Crippen LogP contribution in [0.4, 0.5) is 13.2 Å². The highest BCUT2D eigenvalue weighted by molar-refractivity contribution is 5.71.